The number of nitrogens with zero attached hydrogens (tertiary/aromatic N) is 1. The fraction of sp³-hybridized carbons (Fsp3) is 0.667. The van der Waals surface area contributed by atoms with Gasteiger partial charge in [0.2, 0.25) is 0 Å². The second kappa shape index (κ2) is 6.19. The molecule has 3 heteroatoms. The minimum absolute atomic E-state index is 0.175. The van der Waals surface area contributed by atoms with Crippen molar-refractivity contribution in [2.75, 3.05) is 7.05 Å². The van der Waals surface area contributed by atoms with E-state index >= 15 is 0 Å². The van der Waals surface area contributed by atoms with Gasteiger partial charge in [-0.3, -0.25) is 4.98 Å². The molecule has 0 fully saturated rings. The lowest BCUT2D eigenvalue weighted by Crippen LogP contribution is -2.31. The third kappa shape index (κ3) is 3.70. The molecule has 1 rings (SSSR count). The monoisotopic (exact) mass is 250 g/mol. The van der Waals surface area contributed by atoms with E-state index in [0.717, 1.165) is 12.2 Å². The van der Waals surface area contributed by atoms with E-state index < -0.39 is 0 Å². The second-order valence-corrected chi connectivity index (χ2v) is 5.68. The highest BCUT2D eigenvalue weighted by Crippen LogP contribution is 2.36. The van der Waals surface area contributed by atoms with Crippen LogP contribution in [-0.2, 0) is 0 Å². The minimum atomic E-state index is 0.175. The van der Waals surface area contributed by atoms with Crippen molar-refractivity contribution in [3.8, 4) is 5.75 Å². The Labute approximate surface area is 111 Å². The molecule has 18 heavy (non-hydrogen) atoms. The summed E-state index contributed by atoms with van der Waals surface area (Å²) in [4.78, 5) is 4.29. The zero-order valence-corrected chi connectivity index (χ0v) is 12.4. The van der Waals surface area contributed by atoms with Crippen molar-refractivity contribution in [1.29, 1.82) is 0 Å². The molecule has 0 spiro atoms. The lowest BCUT2D eigenvalue weighted by molar-refractivity contribution is 0.233. The predicted molar refractivity (Wildman–Crippen MR) is 75.9 cm³/mol. The summed E-state index contributed by atoms with van der Waals surface area (Å²) in [5.41, 5.74) is 1.37. The van der Waals surface area contributed by atoms with E-state index in [2.05, 4.69) is 37.1 Å². The molecule has 0 bridgehead atoms. The molecule has 102 valence electrons. The number of pyridine rings is 1. The van der Waals surface area contributed by atoms with Crippen LogP contribution >= 0.6 is 0 Å². The summed E-state index contributed by atoms with van der Waals surface area (Å²) in [5, 5.41) is 3.39. The molecule has 1 atom stereocenters. The maximum Gasteiger partial charge on any atom is 0.138 e. The fourth-order valence-corrected chi connectivity index (χ4v) is 2.14. The summed E-state index contributed by atoms with van der Waals surface area (Å²) in [6.45, 7) is 10.8. The molecule has 0 aliphatic heterocycles. The normalized spacial score (nSPS) is 13.7. The number of aromatic nitrogens is 1. The fourth-order valence-electron chi connectivity index (χ4n) is 2.14. The van der Waals surface area contributed by atoms with Crippen molar-refractivity contribution in [3.05, 3.63) is 24.0 Å². The molecule has 1 unspecified atom stereocenters. The first-order chi connectivity index (χ1) is 8.40. The molecule has 1 aromatic heterocycles. The van der Waals surface area contributed by atoms with E-state index in [0.29, 0.717) is 0 Å². The van der Waals surface area contributed by atoms with Gasteiger partial charge in [-0.2, -0.15) is 0 Å². The van der Waals surface area contributed by atoms with Crippen molar-refractivity contribution in [2.24, 2.45) is 5.41 Å². The van der Waals surface area contributed by atoms with Gasteiger partial charge in [0.15, 0.2) is 0 Å². The van der Waals surface area contributed by atoms with Crippen LogP contribution in [0.5, 0.6) is 5.75 Å². The van der Waals surface area contributed by atoms with Crippen LogP contribution < -0.4 is 10.1 Å². The maximum absolute atomic E-state index is 5.71. The first-order valence-corrected chi connectivity index (χ1v) is 6.69. The van der Waals surface area contributed by atoms with Gasteiger partial charge in [-0.15, -0.1) is 0 Å². The smallest absolute Gasteiger partial charge is 0.138 e. The molecule has 0 radical (unpaired) electrons. The number of rotatable bonds is 6. The molecule has 0 aliphatic rings. The summed E-state index contributed by atoms with van der Waals surface area (Å²) in [6.07, 6.45) is 4.98. The highest BCUT2D eigenvalue weighted by molar-refractivity contribution is 5.27. The van der Waals surface area contributed by atoms with Crippen LogP contribution in [0.4, 0.5) is 0 Å². The molecule has 0 saturated carbocycles. The van der Waals surface area contributed by atoms with Crippen molar-refractivity contribution in [3.63, 3.8) is 0 Å². The highest BCUT2D eigenvalue weighted by Gasteiger charge is 2.28. The lowest BCUT2D eigenvalue weighted by atomic mass is 9.79. The molecule has 0 amide bonds. The number of nitrogens with one attached hydrogen (secondary N) is 1. The topological polar surface area (TPSA) is 34.2 Å². The Balaban J connectivity index is 3.00. The number of ether oxygens (including phenoxy) is 1. The van der Waals surface area contributed by atoms with Crippen LogP contribution in [0.1, 0.15) is 52.6 Å². The Kier molecular flexibility index (Phi) is 5.15. The molecule has 1 N–H and O–H groups in total. The first-order valence-electron chi connectivity index (χ1n) is 6.69. The Bertz CT molecular complexity index is 375. The van der Waals surface area contributed by atoms with E-state index in [1.807, 2.05) is 27.1 Å². The summed E-state index contributed by atoms with van der Waals surface area (Å²) in [7, 11) is 2.00. The van der Waals surface area contributed by atoms with E-state index in [4.69, 9.17) is 4.74 Å². The van der Waals surface area contributed by atoms with Crippen molar-refractivity contribution in [2.45, 2.75) is 53.2 Å². The van der Waals surface area contributed by atoms with Gasteiger partial charge >= 0.3 is 0 Å². The van der Waals surface area contributed by atoms with Gasteiger partial charge in [-0.1, -0.05) is 20.8 Å². The van der Waals surface area contributed by atoms with E-state index in [-0.39, 0.29) is 17.6 Å². The van der Waals surface area contributed by atoms with Crippen LogP contribution in [-0.4, -0.2) is 18.1 Å². The summed E-state index contributed by atoms with van der Waals surface area (Å²) >= 11 is 0. The quantitative estimate of drug-likeness (QED) is 0.838. The summed E-state index contributed by atoms with van der Waals surface area (Å²) in [5.74, 6) is 0.842. The molecule has 0 saturated heterocycles. The molecule has 0 aliphatic carbocycles. The zero-order valence-electron chi connectivity index (χ0n) is 12.4. The van der Waals surface area contributed by atoms with Crippen LogP contribution in [0.25, 0.3) is 0 Å². The molecular formula is C15H26N2O. The third-order valence-electron chi connectivity index (χ3n) is 3.42. The predicted octanol–water partition coefficient (Wildman–Crippen LogP) is 3.57. The number of hydrogen-bond acceptors (Lipinski definition) is 3. The van der Waals surface area contributed by atoms with E-state index in [1.54, 1.807) is 6.20 Å². The van der Waals surface area contributed by atoms with Gasteiger partial charge < -0.3 is 10.1 Å². The maximum atomic E-state index is 5.71. The molecule has 1 aromatic rings. The van der Waals surface area contributed by atoms with Gasteiger partial charge in [0.05, 0.1) is 12.3 Å². The lowest BCUT2D eigenvalue weighted by Gasteiger charge is -2.33. The van der Waals surface area contributed by atoms with Gasteiger partial charge in [0.1, 0.15) is 5.75 Å². The minimum Gasteiger partial charge on any atom is -0.489 e. The SMILES string of the molecule is CCC(C)(C)C(NC)c1cncc(OC(C)C)c1. The van der Waals surface area contributed by atoms with Crippen LogP contribution in [0.2, 0.25) is 0 Å². The average Bonchev–Trinajstić information content (AvgIpc) is 2.29. The average molecular weight is 250 g/mol. The Morgan fingerprint density at radius 1 is 1.33 bits per heavy atom. The van der Waals surface area contributed by atoms with Gasteiger partial charge in [0.25, 0.3) is 0 Å². The third-order valence-corrected chi connectivity index (χ3v) is 3.42. The van der Waals surface area contributed by atoms with Crippen LogP contribution in [0.3, 0.4) is 0 Å². The van der Waals surface area contributed by atoms with Gasteiger partial charge in [-0.05, 0) is 44.4 Å². The number of hydrogen-bond donors (Lipinski definition) is 1. The molecule has 3 nitrogen and oxygen atoms in total. The van der Waals surface area contributed by atoms with Crippen LogP contribution in [0.15, 0.2) is 18.5 Å². The standard InChI is InChI=1S/C15H26N2O/c1-7-15(4,5)14(16-6)12-8-13(10-17-9-12)18-11(2)3/h8-11,14,16H,7H2,1-6H3. The first kappa shape index (κ1) is 15.0. The Morgan fingerprint density at radius 3 is 2.50 bits per heavy atom. The van der Waals surface area contributed by atoms with Crippen molar-refractivity contribution < 1.29 is 4.74 Å². The van der Waals surface area contributed by atoms with Crippen LogP contribution in [0, 0.1) is 5.41 Å². The van der Waals surface area contributed by atoms with E-state index in [9.17, 15) is 0 Å². The summed E-state index contributed by atoms with van der Waals surface area (Å²) in [6, 6.07) is 2.37. The Morgan fingerprint density at radius 2 is 2.00 bits per heavy atom. The molecule has 0 aromatic carbocycles. The zero-order chi connectivity index (χ0) is 13.8. The van der Waals surface area contributed by atoms with Gasteiger partial charge in [0, 0.05) is 12.2 Å². The van der Waals surface area contributed by atoms with Crippen molar-refractivity contribution >= 4 is 0 Å². The highest BCUT2D eigenvalue weighted by atomic mass is 16.5. The van der Waals surface area contributed by atoms with Gasteiger partial charge in [-0.25, -0.2) is 0 Å². The molecule has 1 heterocycles. The molecular weight excluding hydrogens is 224 g/mol. The second-order valence-electron chi connectivity index (χ2n) is 5.68. The van der Waals surface area contributed by atoms with E-state index in [1.165, 1.54) is 5.56 Å². The largest absolute Gasteiger partial charge is 0.489 e. The van der Waals surface area contributed by atoms with Crippen molar-refractivity contribution in [1.82, 2.24) is 10.3 Å². The summed E-state index contributed by atoms with van der Waals surface area (Å²) < 4.78 is 5.71. The Hall–Kier alpha value is -1.09.